The molecule has 0 saturated carbocycles. The summed E-state index contributed by atoms with van der Waals surface area (Å²) in [5, 5.41) is 9.72. The van der Waals surface area contributed by atoms with E-state index in [9.17, 15) is 5.11 Å². The van der Waals surface area contributed by atoms with Crippen LogP contribution in [0.5, 0.6) is 11.5 Å². The quantitative estimate of drug-likeness (QED) is 0.862. The lowest BCUT2D eigenvalue weighted by molar-refractivity contribution is 0.195. The summed E-state index contributed by atoms with van der Waals surface area (Å²) in [5.41, 5.74) is 2.09. The van der Waals surface area contributed by atoms with Gasteiger partial charge in [0.15, 0.2) is 0 Å². The summed E-state index contributed by atoms with van der Waals surface area (Å²) >= 11 is 0. The van der Waals surface area contributed by atoms with E-state index in [2.05, 4.69) is 26.0 Å². The first-order valence-corrected chi connectivity index (χ1v) is 6.62. The maximum atomic E-state index is 9.72. The third-order valence-electron chi connectivity index (χ3n) is 3.14. The predicted octanol–water partition coefficient (Wildman–Crippen LogP) is 4.66. The highest BCUT2D eigenvalue weighted by Crippen LogP contribution is 2.30. The molecule has 0 saturated heterocycles. The minimum Gasteiger partial charge on any atom is -0.457 e. The van der Waals surface area contributed by atoms with Crippen molar-refractivity contribution in [3.8, 4) is 11.5 Å². The van der Waals surface area contributed by atoms with Gasteiger partial charge in [0.1, 0.15) is 11.5 Å². The van der Waals surface area contributed by atoms with Crippen LogP contribution in [-0.4, -0.2) is 5.11 Å². The van der Waals surface area contributed by atoms with Crippen LogP contribution in [0.3, 0.4) is 0 Å². The van der Waals surface area contributed by atoms with Crippen LogP contribution in [0, 0.1) is 0 Å². The lowest BCUT2D eigenvalue weighted by Gasteiger charge is -2.13. The number of aliphatic hydroxyl groups excluding tert-OH is 1. The summed E-state index contributed by atoms with van der Waals surface area (Å²) in [6, 6.07) is 15.6. The summed E-state index contributed by atoms with van der Waals surface area (Å²) in [5.74, 6) is 2.01. The first kappa shape index (κ1) is 13.6. The van der Waals surface area contributed by atoms with E-state index in [4.69, 9.17) is 4.74 Å². The van der Waals surface area contributed by atoms with E-state index in [1.54, 1.807) is 6.92 Å². The summed E-state index contributed by atoms with van der Waals surface area (Å²) in [4.78, 5) is 0. The van der Waals surface area contributed by atoms with Crippen LogP contribution in [0.1, 0.15) is 43.9 Å². The summed E-state index contributed by atoms with van der Waals surface area (Å²) in [6.45, 7) is 6.07. The zero-order valence-electron chi connectivity index (χ0n) is 11.6. The molecule has 0 fully saturated rings. The van der Waals surface area contributed by atoms with Crippen molar-refractivity contribution in [1.29, 1.82) is 0 Å². The van der Waals surface area contributed by atoms with Gasteiger partial charge in [0, 0.05) is 5.56 Å². The Morgan fingerprint density at radius 3 is 2.11 bits per heavy atom. The van der Waals surface area contributed by atoms with Gasteiger partial charge >= 0.3 is 0 Å². The molecule has 2 heteroatoms. The minimum atomic E-state index is -0.536. The first-order chi connectivity index (χ1) is 9.08. The lowest BCUT2D eigenvalue weighted by atomic mass is 10.0. The number of ether oxygens (including phenoxy) is 1. The molecule has 2 aromatic rings. The van der Waals surface area contributed by atoms with Gasteiger partial charge in [0.05, 0.1) is 6.10 Å². The van der Waals surface area contributed by atoms with Crippen LogP contribution >= 0.6 is 0 Å². The number of rotatable bonds is 4. The van der Waals surface area contributed by atoms with Gasteiger partial charge in [-0.2, -0.15) is 0 Å². The van der Waals surface area contributed by atoms with Crippen LogP contribution in [0.25, 0.3) is 0 Å². The molecule has 0 spiro atoms. The molecule has 0 aromatic heterocycles. The zero-order chi connectivity index (χ0) is 13.8. The number of hydrogen-bond acceptors (Lipinski definition) is 2. The Kier molecular flexibility index (Phi) is 4.23. The van der Waals surface area contributed by atoms with Crippen molar-refractivity contribution in [3.05, 3.63) is 59.7 Å². The normalized spacial score (nSPS) is 12.5. The molecule has 100 valence electrons. The van der Waals surface area contributed by atoms with E-state index in [0.717, 1.165) is 11.3 Å². The monoisotopic (exact) mass is 256 g/mol. The zero-order valence-corrected chi connectivity index (χ0v) is 11.6. The molecule has 0 bridgehead atoms. The predicted molar refractivity (Wildman–Crippen MR) is 77.7 cm³/mol. The SMILES string of the molecule is CC(C)c1ccc(Oc2ccccc2[C@H](C)O)cc1. The van der Waals surface area contributed by atoms with Gasteiger partial charge in [-0.25, -0.2) is 0 Å². The van der Waals surface area contributed by atoms with Crippen molar-refractivity contribution >= 4 is 0 Å². The molecule has 0 heterocycles. The molecule has 1 atom stereocenters. The Morgan fingerprint density at radius 2 is 1.53 bits per heavy atom. The van der Waals surface area contributed by atoms with Crippen LogP contribution < -0.4 is 4.74 Å². The second-order valence-corrected chi connectivity index (χ2v) is 5.04. The maximum Gasteiger partial charge on any atom is 0.133 e. The largest absolute Gasteiger partial charge is 0.457 e. The summed E-state index contributed by atoms with van der Waals surface area (Å²) in [6.07, 6.45) is -0.536. The first-order valence-electron chi connectivity index (χ1n) is 6.62. The summed E-state index contributed by atoms with van der Waals surface area (Å²) in [7, 11) is 0. The van der Waals surface area contributed by atoms with Crippen LogP contribution in [0.4, 0.5) is 0 Å². The second kappa shape index (κ2) is 5.89. The fraction of sp³-hybridized carbons (Fsp3) is 0.294. The Morgan fingerprint density at radius 1 is 0.895 bits per heavy atom. The molecule has 0 aliphatic heterocycles. The average molecular weight is 256 g/mol. The highest BCUT2D eigenvalue weighted by molar-refractivity contribution is 5.39. The van der Waals surface area contributed by atoms with Crippen molar-refractivity contribution in [2.24, 2.45) is 0 Å². The van der Waals surface area contributed by atoms with Crippen LogP contribution in [0.15, 0.2) is 48.5 Å². The van der Waals surface area contributed by atoms with E-state index < -0.39 is 6.10 Å². The second-order valence-electron chi connectivity index (χ2n) is 5.04. The molecule has 1 N–H and O–H groups in total. The third-order valence-corrected chi connectivity index (χ3v) is 3.14. The Hall–Kier alpha value is -1.80. The number of aliphatic hydroxyl groups is 1. The molecule has 0 aliphatic rings. The number of benzene rings is 2. The maximum absolute atomic E-state index is 9.72. The molecule has 0 aliphatic carbocycles. The van der Waals surface area contributed by atoms with Gasteiger partial charge in [0.2, 0.25) is 0 Å². The van der Waals surface area contributed by atoms with Gasteiger partial charge in [-0.3, -0.25) is 0 Å². The summed E-state index contributed by atoms with van der Waals surface area (Å²) < 4.78 is 5.85. The fourth-order valence-electron chi connectivity index (χ4n) is 1.97. The van der Waals surface area contributed by atoms with Gasteiger partial charge in [0.25, 0.3) is 0 Å². The smallest absolute Gasteiger partial charge is 0.133 e. The van der Waals surface area contributed by atoms with E-state index >= 15 is 0 Å². The molecule has 0 amide bonds. The van der Waals surface area contributed by atoms with E-state index in [1.165, 1.54) is 5.56 Å². The van der Waals surface area contributed by atoms with E-state index in [0.29, 0.717) is 11.7 Å². The Balaban J connectivity index is 2.21. The van der Waals surface area contributed by atoms with E-state index in [1.807, 2.05) is 36.4 Å². The van der Waals surface area contributed by atoms with Crippen molar-refractivity contribution in [2.75, 3.05) is 0 Å². The van der Waals surface area contributed by atoms with E-state index in [-0.39, 0.29) is 0 Å². The van der Waals surface area contributed by atoms with Gasteiger partial charge in [-0.05, 0) is 36.6 Å². The highest BCUT2D eigenvalue weighted by atomic mass is 16.5. The van der Waals surface area contributed by atoms with Crippen molar-refractivity contribution in [3.63, 3.8) is 0 Å². The molecule has 2 nitrogen and oxygen atoms in total. The van der Waals surface area contributed by atoms with Crippen molar-refractivity contribution in [2.45, 2.75) is 32.8 Å². The van der Waals surface area contributed by atoms with Crippen molar-refractivity contribution < 1.29 is 9.84 Å². The Bertz CT molecular complexity index is 527. The topological polar surface area (TPSA) is 29.5 Å². The molecule has 2 aromatic carbocycles. The van der Waals surface area contributed by atoms with Gasteiger partial charge in [-0.1, -0.05) is 44.2 Å². The fourth-order valence-corrected chi connectivity index (χ4v) is 1.97. The Labute approximate surface area is 114 Å². The number of hydrogen-bond donors (Lipinski definition) is 1. The van der Waals surface area contributed by atoms with Gasteiger partial charge in [-0.15, -0.1) is 0 Å². The molecule has 0 unspecified atom stereocenters. The molecular formula is C17H20O2. The average Bonchev–Trinajstić information content (AvgIpc) is 2.39. The lowest BCUT2D eigenvalue weighted by Crippen LogP contribution is -1.96. The van der Waals surface area contributed by atoms with Crippen LogP contribution in [-0.2, 0) is 0 Å². The third kappa shape index (κ3) is 3.36. The molecule has 0 radical (unpaired) electrons. The van der Waals surface area contributed by atoms with Crippen LogP contribution in [0.2, 0.25) is 0 Å². The van der Waals surface area contributed by atoms with Gasteiger partial charge < -0.3 is 9.84 Å². The minimum absolute atomic E-state index is 0.513. The van der Waals surface area contributed by atoms with Crippen molar-refractivity contribution in [1.82, 2.24) is 0 Å². The molecule has 2 rings (SSSR count). The number of para-hydroxylation sites is 1. The molecule has 19 heavy (non-hydrogen) atoms. The molecular weight excluding hydrogens is 236 g/mol. The standard InChI is InChI=1S/C17H20O2/c1-12(2)14-8-10-15(11-9-14)19-17-7-5-4-6-16(17)13(3)18/h4-13,18H,1-3H3/t13-/m0/s1. The highest BCUT2D eigenvalue weighted by Gasteiger charge is 2.09.